The molecule has 23 heavy (non-hydrogen) atoms. The molecule has 2 aliphatic rings. The summed E-state index contributed by atoms with van der Waals surface area (Å²) in [4.78, 5) is 33.8. The fourth-order valence-electron chi connectivity index (χ4n) is 3.23. The molecule has 122 valence electrons. The van der Waals surface area contributed by atoms with E-state index >= 15 is 0 Å². The van der Waals surface area contributed by atoms with E-state index in [0.29, 0.717) is 4.96 Å². The van der Waals surface area contributed by atoms with Crippen molar-refractivity contribution in [2.75, 3.05) is 31.1 Å². The van der Waals surface area contributed by atoms with Gasteiger partial charge in [-0.25, -0.2) is 4.98 Å². The first kappa shape index (κ1) is 14.6. The van der Waals surface area contributed by atoms with E-state index in [1.165, 1.54) is 28.5 Å². The molecular formula is C15H19N5O2S. The van der Waals surface area contributed by atoms with Gasteiger partial charge in [-0.15, -0.1) is 5.10 Å². The van der Waals surface area contributed by atoms with Crippen LogP contribution in [0.2, 0.25) is 0 Å². The molecule has 4 heterocycles. The number of aromatic nitrogens is 3. The molecule has 4 rings (SSSR count). The minimum atomic E-state index is -0.355. The van der Waals surface area contributed by atoms with E-state index in [1.54, 1.807) is 4.90 Å². The minimum Gasteiger partial charge on any atom is -0.347 e. The van der Waals surface area contributed by atoms with Gasteiger partial charge in [-0.1, -0.05) is 11.3 Å². The van der Waals surface area contributed by atoms with Gasteiger partial charge < -0.3 is 9.80 Å². The average molecular weight is 333 g/mol. The van der Waals surface area contributed by atoms with Crippen LogP contribution in [0, 0.1) is 0 Å². The van der Waals surface area contributed by atoms with Gasteiger partial charge in [-0.05, 0) is 32.1 Å². The summed E-state index contributed by atoms with van der Waals surface area (Å²) in [7, 11) is 0. The van der Waals surface area contributed by atoms with Crippen LogP contribution in [0.25, 0.3) is 4.96 Å². The van der Waals surface area contributed by atoms with Crippen molar-refractivity contribution >= 4 is 27.3 Å². The highest BCUT2D eigenvalue weighted by atomic mass is 32.1. The van der Waals surface area contributed by atoms with Crippen molar-refractivity contribution in [3.8, 4) is 0 Å². The molecule has 0 spiro atoms. The smallest absolute Gasteiger partial charge is 0.288 e. The Morgan fingerprint density at radius 2 is 1.74 bits per heavy atom. The van der Waals surface area contributed by atoms with E-state index in [0.717, 1.165) is 57.0 Å². The molecule has 2 fully saturated rings. The van der Waals surface area contributed by atoms with Crippen LogP contribution < -0.4 is 10.5 Å². The van der Waals surface area contributed by atoms with Gasteiger partial charge in [0.25, 0.3) is 11.5 Å². The Morgan fingerprint density at radius 1 is 1.04 bits per heavy atom. The summed E-state index contributed by atoms with van der Waals surface area (Å²) in [5.74, 6) is -0.220. The summed E-state index contributed by atoms with van der Waals surface area (Å²) in [5.41, 5.74) is -0.230. The van der Waals surface area contributed by atoms with Gasteiger partial charge in [0.05, 0.1) is 0 Å². The highest BCUT2D eigenvalue weighted by molar-refractivity contribution is 7.20. The van der Waals surface area contributed by atoms with Crippen molar-refractivity contribution in [3.63, 3.8) is 0 Å². The molecule has 0 N–H and O–H groups in total. The summed E-state index contributed by atoms with van der Waals surface area (Å²) < 4.78 is 1.29. The van der Waals surface area contributed by atoms with Gasteiger partial charge in [0.15, 0.2) is 0 Å². The van der Waals surface area contributed by atoms with Gasteiger partial charge in [-0.2, -0.15) is 4.52 Å². The first-order chi connectivity index (χ1) is 11.2. The number of hydrogen-bond donors (Lipinski definition) is 0. The molecule has 7 nitrogen and oxygen atoms in total. The number of carbonyl (C=O) groups excluding carboxylic acids is 1. The number of fused-ring (bicyclic) bond motifs is 1. The van der Waals surface area contributed by atoms with Crippen LogP contribution in [0.3, 0.4) is 0 Å². The van der Waals surface area contributed by atoms with Crippen molar-refractivity contribution < 1.29 is 4.79 Å². The van der Waals surface area contributed by atoms with Gasteiger partial charge in [-0.3, -0.25) is 9.59 Å². The van der Waals surface area contributed by atoms with E-state index in [2.05, 4.69) is 15.0 Å². The van der Waals surface area contributed by atoms with Crippen molar-refractivity contribution in [1.29, 1.82) is 0 Å². The molecule has 2 aromatic rings. The molecule has 2 aliphatic heterocycles. The molecule has 0 aliphatic carbocycles. The average Bonchev–Trinajstić information content (AvgIpc) is 3.25. The molecule has 0 saturated carbocycles. The summed E-state index contributed by atoms with van der Waals surface area (Å²) >= 11 is 1.41. The zero-order chi connectivity index (χ0) is 15.8. The molecule has 0 aromatic carbocycles. The second-order valence-corrected chi connectivity index (χ2v) is 7.04. The lowest BCUT2D eigenvalue weighted by Crippen LogP contribution is -2.34. The maximum Gasteiger partial charge on any atom is 0.288 e. The predicted molar refractivity (Wildman–Crippen MR) is 88.3 cm³/mol. The second-order valence-electron chi connectivity index (χ2n) is 6.10. The Hall–Kier alpha value is -1.96. The molecule has 0 unspecified atom stereocenters. The van der Waals surface area contributed by atoms with Gasteiger partial charge in [0.2, 0.25) is 10.1 Å². The van der Waals surface area contributed by atoms with E-state index in [4.69, 9.17) is 0 Å². The lowest BCUT2D eigenvalue weighted by atomic mass is 10.1. The lowest BCUT2D eigenvalue weighted by Gasteiger charge is -2.25. The van der Waals surface area contributed by atoms with Crippen LogP contribution in [0.5, 0.6) is 0 Å². The predicted octanol–water partition coefficient (Wildman–Crippen LogP) is 1.38. The largest absolute Gasteiger partial charge is 0.347 e. The second kappa shape index (κ2) is 5.92. The maximum atomic E-state index is 12.6. The number of piperidine rings is 1. The van der Waals surface area contributed by atoms with Crippen molar-refractivity contribution in [2.45, 2.75) is 32.1 Å². The topological polar surface area (TPSA) is 70.8 Å². The van der Waals surface area contributed by atoms with Crippen molar-refractivity contribution in [1.82, 2.24) is 19.5 Å². The van der Waals surface area contributed by atoms with Crippen molar-refractivity contribution in [3.05, 3.63) is 22.1 Å². The van der Waals surface area contributed by atoms with Gasteiger partial charge in [0.1, 0.15) is 5.56 Å². The number of likely N-dealkylation sites (tertiary alicyclic amines) is 1. The molecule has 2 aromatic heterocycles. The number of nitrogens with zero attached hydrogens (tertiary/aromatic N) is 5. The SMILES string of the molecule is O=C(c1cnc2sc(N3CCCCC3)nn2c1=O)N1CCCC1. The fourth-order valence-corrected chi connectivity index (χ4v) is 4.14. The molecule has 0 radical (unpaired) electrons. The van der Waals surface area contributed by atoms with E-state index in [-0.39, 0.29) is 17.0 Å². The molecule has 0 bridgehead atoms. The molecule has 1 amide bonds. The summed E-state index contributed by atoms with van der Waals surface area (Å²) in [6.45, 7) is 3.37. The Labute approximate surface area is 137 Å². The Morgan fingerprint density at radius 3 is 2.48 bits per heavy atom. The van der Waals surface area contributed by atoms with Crippen LogP contribution >= 0.6 is 11.3 Å². The van der Waals surface area contributed by atoms with E-state index in [1.807, 2.05) is 0 Å². The molecular weight excluding hydrogens is 314 g/mol. The summed E-state index contributed by atoms with van der Waals surface area (Å²) in [6.07, 6.45) is 6.95. The van der Waals surface area contributed by atoms with Crippen LogP contribution in [-0.2, 0) is 0 Å². The van der Waals surface area contributed by atoms with E-state index < -0.39 is 0 Å². The lowest BCUT2D eigenvalue weighted by molar-refractivity contribution is 0.0790. The third kappa shape index (κ3) is 2.60. The monoisotopic (exact) mass is 333 g/mol. The zero-order valence-corrected chi connectivity index (χ0v) is 13.7. The highest BCUT2D eigenvalue weighted by Gasteiger charge is 2.24. The van der Waals surface area contributed by atoms with Crippen LogP contribution in [0.15, 0.2) is 11.0 Å². The molecule has 0 atom stereocenters. The van der Waals surface area contributed by atoms with Crippen LogP contribution in [0.4, 0.5) is 5.13 Å². The maximum absolute atomic E-state index is 12.6. The third-order valence-corrected chi connectivity index (χ3v) is 5.51. The fraction of sp³-hybridized carbons (Fsp3) is 0.600. The normalized spacial score (nSPS) is 18.8. The number of hydrogen-bond acceptors (Lipinski definition) is 6. The summed E-state index contributed by atoms with van der Waals surface area (Å²) in [6, 6.07) is 0. The first-order valence-corrected chi connectivity index (χ1v) is 8.99. The van der Waals surface area contributed by atoms with Crippen molar-refractivity contribution in [2.24, 2.45) is 0 Å². The van der Waals surface area contributed by atoms with Crippen LogP contribution in [0.1, 0.15) is 42.5 Å². The van der Waals surface area contributed by atoms with Gasteiger partial charge in [0, 0.05) is 32.4 Å². The Bertz CT molecular complexity index is 787. The van der Waals surface area contributed by atoms with Crippen LogP contribution in [-0.4, -0.2) is 51.6 Å². The standard InChI is InChI=1S/C15H19N5O2S/c21-12(18-6-4-5-7-18)11-10-16-14-20(13(11)22)17-15(23-14)19-8-2-1-3-9-19/h10H,1-9H2. The number of rotatable bonds is 2. The Balaban J connectivity index is 1.70. The quantitative estimate of drug-likeness (QED) is 0.830. The third-order valence-electron chi connectivity index (χ3n) is 4.53. The molecule has 8 heteroatoms. The first-order valence-electron chi connectivity index (χ1n) is 8.17. The number of carbonyl (C=O) groups is 1. The number of amides is 1. The summed E-state index contributed by atoms with van der Waals surface area (Å²) in [5, 5.41) is 5.24. The highest BCUT2D eigenvalue weighted by Crippen LogP contribution is 2.24. The Kier molecular flexibility index (Phi) is 3.76. The number of anilines is 1. The van der Waals surface area contributed by atoms with Gasteiger partial charge >= 0.3 is 0 Å². The van der Waals surface area contributed by atoms with E-state index in [9.17, 15) is 9.59 Å². The molecule has 2 saturated heterocycles. The minimum absolute atomic E-state index is 0.125. The zero-order valence-electron chi connectivity index (χ0n) is 12.9.